The number of ether oxygens (including phenoxy) is 1. The van der Waals surface area contributed by atoms with E-state index in [4.69, 9.17) is 26.6 Å². The Morgan fingerprint density at radius 1 is 1.28 bits per heavy atom. The normalized spacial score (nSPS) is 17.2. The third-order valence-corrected chi connectivity index (χ3v) is 4.79. The number of rotatable bonds is 6. The largest absolute Gasteiger partial charge is 0.492 e. The average Bonchev–Trinajstić information content (AvgIpc) is 3.29. The molecule has 4 rings (SSSR count). The first-order chi connectivity index (χ1) is 14.0. The molecule has 7 nitrogen and oxygen atoms in total. The Hall–Kier alpha value is -3.32. The minimum Gasteiger partial charge on any atom is -0.492 e. The number of allylic oxidation sites excluding steroid dienone is 1. The lowest BCUT2D eigenvalue weighted by Crippen LogP contribution is -2.38. The number of aliphatic imine (C=N–C) groups is 1. The van der Waals surface area contributed by atoms with Crippen LogP contribution in [-0.2, 0) is 16.2 Å². The highest BCUT2D eigenvalue weighted by Gasteiger charge is 2.34. The van der Waals surface area contributed by atoms with Crippen molar-refractivity contribution in [3.8, 4) is 5.75 Å². The fourth-order valence-corrected chi connectivity index (χ4v) is 3.28. The molecule has 0 radical (unpaired) electrons. The molecule has 0 unspecified atom stereocenters. The number of carbonyl (C=O) groups excluding carboxylic acids is 1. The molecule has 3 heterocycles. The topological polar surface area (TPSA) is 79.9 Å². The molecule has 29 heavy (non-hydrogen) atoms. The number of nitrogens with zero attached hydrogens (tertiary/aromatic N) is 3. The predicted octanol–water partition coefficient (Wildman–Crippen LogP) is 4.06. The van der Waals surface area contributed by atoms with Crippen molar-refractivity contribution < 1.29 is 14.4 Å². The Kier molecular flexibility index (Phi) is 5.22. The summed E-state index contributed by atoms with van der Waals surface area (Å²) >= 11 is 6.09. The second-order valence-corrected chi connectivity index (χ2v) is 6.99. The van der Waals surface area contributed by atoms with Crippen molar-refractivity contribution in [3.05, 3.63) is 70.7 Å². The van der Waals surface area contributed by atoms with Gasteiger partial charge in [-0.3, -0.25) is 10.2 Å². The summed E-state index contributed by atoms with van der Waals surface area (Å²) in [6.07, 6.45) is 5.97. The van der Waals surface area contributed by atoms with Gasteiger partial charge in [0.05, 0.1) is 17.2 Å². The molecule has 0 atom stereocenters. The van der Waals surface area contributed by atoms with E-state index in [0.29, 0.717) is 35.5 Å². The number of hydroxylamine groups is 2. The SMILES string of the molecule is CC1=CC2=NC(=O)/C(=C\c3cccn3CCCOc3ccccc3Cl)C(=N)N2O1. The van der Waals surface area contributed by atoms with Crippen LogP contribution in [0.1, 0.15) is 19.0 Å². The number of hydrogen-bond acceptors (Lipinski definition) is 4. The number of para-hydroxylation sites is 1. The molecule has 0 spiro atoms. The highest BCUT2D eigenvalue weighted by atomic mass is 35.5. The zero-order valence-electron chi connectivity index (χ0n) is 15.8. The Balaban J connectivity index is 1.42. The van der Waals surface area contributed by atoms with E-state index >= 15 is 0 Å². The minimum atomic E-state index is -0.453. The van der Waals surface area contributed by atoms with Crippen LogP contribution in [0.3, 0.4) is 0 Å². The number of amides is 1. The zero-order chi connectivity index (χ0) is 20.4. The molecule has 2 aliphatic heterocycles. The Labute approximate surface area is 173 Å². The second-order valence-electron chi connectivity index (χ2n) is 6.58. The number of aryl methyl sites for hydroxylation is 1. The maximum absolute atomic E-state index is 12.4. The molecule has 0 saturated heterocycles. The molecule has 148 valence electrons. The van der Waals surface area contributed by atoms with Gasteiger partial charge in [0.15, 0.2) is 11.7 Å². The average molecular weight is 411 g/mol. The highest BCUT2D eigenvalue weighted by Crippen LogP contribution is 2.24. The fourth-order valence-electron chi connectivity index (χ4n) is 3.09. The van der Waals surface area contributed by atoms with Gasteiger partial charge in [0.1, 0.15) is 11.5 Å². The summed E-state index contributed by atoms with van der Waals surface area (Å²) in [5, 5.41) is 10.1. The van der Waals surface area contributed by atoms with E-state index in [2.05, 4.69) is 4.99 Å². The number of hydrogen-bond donors (Lipinski definition) is 1. The molecule has 2 aliphatic rings. The van der Waals surface area contributed by atoms with Crippen molar-refractivity contribution in [2.24, 2.45) is 4.99 Å². The number of amidine groups is 2. The summed E-state index contributed by atoms with van der Waals surface area (Å²) in [5.74, 6) is 1.10. The molecule has 0 fully saturated rings. The first-order valence-electron chi connectivity index (χ1n) is 9.15. The van der Waals surface area contributed by atoms with Gasteiger partial charge < -0.3 is 14.1 Å². The van der Waals surface area contributed by atoms with Crippen LogP contribution in [0, 0.1) is 5.41 Å². The quantitative estimate of drug-likeness (QED) is 0.575. The van der Waals surface area contributed by atoms with Gasteiger partial charge in [0.2, 0.25) is 0 Å². The number of aromatic nitrogens is 1. The Bertz CT molecular complexity index is 1070. The van der Waals surface area contributed by atoms with Crippen molar-refractivity contribution >= 4 is 35.3 Å². The minimum absolute atomic E-state index is 0.0251. The highest BCUT2D eigenvalue weighted by molar-refractivity contribution is 6.32. The van der Waals surface area contributed by atoms with Gasteiger partial charge >= 0.3 is 0 Å². The number of carbonyl (C=O) groups is 1. The van der Waals surface area contributed by atoms with Crippen LogP contribution in [0.2, 0.25) is 5.02 Å². The third kappa shape index (κ3) is 3.95. The summed E-state index contributed by atoms with van der Waals surface area (Å²) in [7, 11) is 0. The molecule has 1 amide bonds. The third-order valence-electron chi connectivity index (χ3n) is 4.47. The number of fused-ring (bicyclic) bond motifs is 1. The standard InChI is InChI=1S/C21H19ClN4O3/c1-14-12-19-24-21(27)16(20(23)26(19)29-14)13-15-6-4-9-25(15)10-5-11-28-18-8-3-2-7-17(18)22/h2-4,6-9,12-13,23H,5,10-11H2,1H3/b16-13-,23-20?. The summed E-state index contributed by atoms with van der Waals surface area (Å²) in [6, 6.07) is 11.1. The van der Waals surface area contributed by atoms with Crippen LogP contribution in [0.15, 0.2) is 65.0 Å². The molecular weight excluding hydrogens is 392 g/mol. The van der Waals surface area contributed by atoms with Crippen LogP contribution >= 0.6 is 11.6 Å². The van der Waals surface area contributed by atoms with E-state index in [1.165, 1.54) is 5.06 Å². The first-order valence-corrected chi connectivity index (χ1v) is 9.53. The van der Waals surface area contributed by atoms with Crippen molar-refractivity contribution in [3.63, 3.8) is 0 Å². The van der Waals surface area contributed by atoms with Crippen molar-refractivity contribution in [1.29, 1.82) is 5.41 Å². The molecule has 1 aromatic heterocycles. The van der Waals surface area contributed by atoms with Gasteiger partial charge in [-0.25, -0.2) is 0 Å². The van der Waals surface area contributed by atoms with E-state index in [1.54, 1.807) is 25.1 Å². The number of nitrogens with one attached hydrogen (secondary N) is 1. The van der Waals surface area contributed by atoms with Crippen molar-refractivity contribution in [2.75, 3.05) is 6.61 Å². The molecule has 2 aromatic rings. The van der Waals surface area contributed by atoms with E-state index in [1.807, 2.05) is 41.1 Å². The van der Waals surface area contributed by atoms with E-state index < -0.39 is 5.91 Å². The van der Waals surface area contributed by atoms with Crippen LogP contribution in [0.4, 0.5) is 0 Å². The van der Waals surface area contributed by atoms with Gasteiger partial charge in [0.25, 0.3) is 5.91 Å². The van der Waals surface area contributed by atoms with Crippen LogP contribution in [0.5, 0.6) is 5.75 Å². The van der Waals surface area contributed by atoms with Gasteiger partial charge in [-0.1, -0.05) is 23.7 Å². The van der Waals surface area contributed by atoms with Crippen LogP contribution in [0.25, 0.3) is 6.08 Å². The van der Waals surface area contributed by atoms with E-state index in [-0.39, 0.29) is 11.4 Å². The van der Waals surface area contributed by atoms with Crippen LogP contribution < -0.4 is 4.74 Å². The lowest BCUT2D eigenvalue weighted by molar-refractivity contribution is -0.114. The van der Waals surface area contributed by atoms with Gasteiger partial charge in [-0.15, -0.1) is 5.06 Å². The number of benzene rings is 1. The Morgan fingerprint density at radius 3 is 2.93 bits per heavy atom. The molecule has 8 heteroatoms. The van der Waals surface area contributed by atoms with Crippen molar-refractivity contribution in [2.45, 2.75) is 19.9 Å². The predicted molar refractivity (Wildman–Crippen MR) is 111 cm³/mol. The molecule has 0 saturated carbocycles. The van der Waals surface area contributed by atoms with Gasteiger partial charge in [-0.05, 0) is 43.7 Å². The molecule has 1 N–H and O–H groups in total. The Morgan fingerprint density at radius 2 is 2.10 bits per heavy atom. The smallest absolute Gasteiger partial charge is 0.283 e. The summed E-state index contributed by atoms with van der Waals surface area (Å²) in [4.78, 5) is 21.8. The summed E-state index contributed by atoms with van der Waals surface area (Å²) in [5.41, 5.74) is 0.988. The zero-order valence-corrected chi connectivity index (χ0v) is 16.5. The second kappa shape index (κ2) is 7.97. The first kappa shape index (κ1) is 19.0. The molecule has 1 aromatic carbocycles. The lowest BCUT2D eigenvalue weighted by Gasteiger charge is -2.23. The van der Waals surface area contributed by atoms with Gasteiger partial charge in [0, 0.05) is 24.5 Å². The molecule has 0 bridgehead atoms. The van der Waals surface area contributed by atoms with E-state index in [9.17, 15) is 4.79 Å². The summed E-state index contributed by atoms with van der Waals surface area (Å²) in [6.45, 7) is 2.94. The summed E-state index contributed by atoms with van der Waals surface area (Å²) < 4.78 is 7.72. The van der Waals surface area contributed by atoms with Crippen molar-refractivity contribution in [1.82, 2.24) is 9.63 Å². The van der Waals surface area contributed by atoms with E-state index in [0.717, 1.165) is 12.1 Å². The maximum Gasteiger partial charge on any atom is 0.283 e. The van der Waals surface area contributed by atoms with Gasteiger partial charge in [-0.2, -0.15) is 4.99 Å². The van der Waals surface area contributed by atoms with Crippen LogP contribution in [-0.4, -0.2) is 33.8 Å². The maximum atomic E-state index is 12.4. The molecular formula is C21H19ClN4O3. The lowest BCUT2D eigenvalue weighted by atomic mass is 10.1. The number of halogens is 1. The fraction of sp³-hybridized carbons (Fsp3) is 0.190. The molecule has 0 aliphatic carbocycles. The monoisotopic (exact) mass is 410 g/mol.